The second-order valence-corrected chi connectivity index (χ2v) is 7.21. The number of thiophene rings is 1. The molecule has 2 rings (SSSR count). The smallest absolute Gasteiger partial charge is 0.310 e. The third-order valence-corrected chi connectivity index (χ3v) is 5.57. The number of carbonyl (C=O) groups excluding carboxylic acids is 2. The number of ether oxygens (including phenoxy) is 1. The van der Waals surface area contributed by atoms with Gasteiger partial charge >= 0.3 is 5.97 Å². The minimum atomic E-state index is -0.306. The normalized spacial score (nSPS) is 15.3. The van der Waals surface area contributed by atoms with Crippen molar-refractivity contribution in [1.82, 2.24) is 4.90 Å². The SMILES string of the molecule is COC(=O)C(C)CN(C)C(=O)c1cc2c(s1)CCSC2. The highest BCUT2D eigenvalue weighted by Crippen LogP contribution is 2.32. The van der Waals surface area contributed by atoms with E-state index in [2.05, 4.69) is 4.74 Å². The molecule has 110 valence electrons. The van der Waals surface area contributed by atoms with Gasteiger partial charge in [-0.05, 0) is 23.8 Å². The monoisotopic (exact) mass is 313 g/mol. The molecule has 0 spiro atoms. The zero-order valence-corrected chi connectivity index (χ0v) is 13.6. The summed E-state index contributed by atoms with van der Waals surface area (Å²) in [5.74, 6) is 1.54. The van der Waals surface area contributed by atoms with E-state index in [4.69, 9.17) is 0 Å². The molecule has 1 aromatic heterocycles. The van der Waals surface area contributed by atoms with Crippen molar-refractivity contribution in [2.45, 2.75) is 19.1 Å². The maximum absolute atomic E-state index is 12.4. The Balaban J connectivity index is 2.03. The van der Waals surface area contributed by atoms with Crippen LogP contribution in [0.3, 0.4) is 0 Å². The third-order valence-electron chi connectivity index (χ3n) is 3.34. The van der Waals surface area contributed by atoms with Gasteiger partial charge in [-0.15, -0.1) is 11.3 Å². The first-order valence-electron chi connectivity index (χ1n) is 6.55. The van der Waals surface area contributed by atoms with Gasteiger partial charge < -0.3 is 9.64 Å². The van der Waals surface area contributed by atoms with Crippen LogP contribution in [0.2, 0.25) is 0 Å². The Morgan fingerprint density at radius 1 is 1.50 bits per heavy atom. The number of hydrogen-bond acceptors (Lipinski definition) is 5. The van der Waals surface area contributed by atoms with Crippen molar-refractivity contribution >= 4 is 35.0 Å². The lowest BCUT2D eigenvalue weighted by Crippen LogP contribution is -2.33. The predicted molar refractivity (Wildman–Crippen MR) is 82.3 cm³/mol. The molecule has 20 heavy (non-hydrogen) atoms. The van der Waals surface area contributed by atoms with Crippen LogP contribution in [-0.4, -0.2) is 43.2 Å². The molecule has 2 heterocycles. The lowest BCUT2D eigenvalue weighted by Gasteiger charge is -2.19. The Bertz CT molecular complexity index is 489. The van der Waals surface area contributed by atoms with Crippen molar-refractivity contribution in [3.63, 3.8) is 0 Å². The second-order valence-electron chi connectivity index (χ2n) is 4.97. The van der Waals surface area contributed by atoms with Gasteiger partial charge in [0.1, 0.15) is 0 Å². The van der Waals surface area contributed by atoms with Gasteiger partial charge in [0.2, 0.25) is 0 Å². The molecule has 0 aromatic carbocycles. The van der Waals surface area contributed by atoms with Crippen molar-refractivity contribution < 1.29 is 14.3 Å². The van der Waals surface area contributed by atoms with Gasteiger partial charge in [-0.3, -0.25) is 9.59 Å². The molecule has 6 heteroatoms. The lowest BCUT2D eigenvalue weighted by atomic mass is 10.1. The number of nitrogens with zero attached hydrogens (tertiary/aromatic N) is 1. The summed E-state index contributed by atoms with van der Waals surface area (Å²) in [5, 5.41) is 0. The van der Waals surface area contributed by atoms with Crippen LogP contribution in [0.5, 0.6) is 0 Å². The Labute approximate surface area is 127 Å². The molecule has 0 N–H and O–H groups in total. The number of esters is 1. The molecule has 0 radical (unpaired) electrons. The van der Waals surface area contributed by atoms with Gasteiger partial charge in [-0.1, -0.05) is 6.92 Å². The summed E-state index contributed by atoms with van der Waals surface area (Å²) in [4.78, 5) is 27.5. The molecule has 4 nitrogen and oxygen atoms in total. The average Bonchev–Trinajstić information content (AvgIpc) is 2.89. The Morgan fingerprint density at radius 3 is 2.90 bits per heavy atom. The van der Waals surface area contributed by atoms with E-state index < -0.39 is 0 Å². The maximum atomic E-state index is 12.4. The molecular weight excluding hydrogens is 294 g/mol. The fraction of sp³-hybridized carbons (Fsp3) is 0.571. The van der Waals surface area contributed by atoms with E-state index in [0.717, 1.165) is 22.8 Å². The van der Waals surface area contributed by atoms with Gasteiger partial charge in [-0.2, -0.15) is 11.8 Å². The molecule has 0 aliphatic carbocycles. The molecule has 1 aliphatic heterocycles. The first kappa shape index (κ1) is 15.4. The minimum Gasteiger partial charge on any atom is -0.469 e. The van der Waals surface area contributed by atoms with Crippen LogP contribution < -0.4 is 0 Å². The van der Waals surface area contributed by atoms with Crippen LogP contribution in [0.15, 0.2) is 6.07 Å². The number of aryl methyl sites for hydroxylation is 1. The Hall–Kier alpha value is -1.01. The predicted octanol–water partition coefficient (Wildman–Crippen LogP) is 2.42. The van der Waals surface area contributed by atoms with Crippen LogP contribution in [0, 0.1) is 5.92 Å². The van der Waals surface area contributed by atoms with Crippen molar-refractivity contribution in [2.24, 2.45) is 5.92 Å². The van der Waals surface area contributed by atoms with Crippen LogP contribution in [0.1, 0.15) is 27.0 Å². The van der Waals surface area contributed by atoms with E-state index in [1.807, 2.05) is 17.8 Å². The Morgan fingerprint density at radius 2 is 2.25 bits per heavy atom. The molecule has 1 atom stereocenters. The molecule has 0 bridgehead atoms. The van der Waals surface area contributed by atoms with E-state index in [0.29, 0.717) is 6.54 Å². The van der Waals surface area contributed by atoms with Crippen LogP contribution in [0.25, 0.3) is 0 Å². The molecule has 1 amide bonds. The van der Waals surface area contributed by atoms with E-state index in [-0.39, 0.29) is 17.8 Å². The van der Waals surface area contributed by atoms with Crippen LogP contribution in [-0.2, 0) is 21.7 Å². The van der Waals surface area contributed by atoms with Gasteiger partial charge in [0, 0.05) is 24.2 Å². The zero-order chi connectivity index (χ0) is 14.7. The molecule has 0 saturated heterocycles. The molecule has 1 aromatic rings. The number of carbonyl (C=O) groups is 2. The quantitative estimate of drug-likeness (QED) is 0.801. The third kappa shape index (κ3) is 3.35. The van der Waals surface area contributed by atoms with Crippen molar-refractivity contribution in [2.75, 3.05) is 26.5 Å². The maximum Gasteiger partial charge on any atom is 0.310 e. The van der Waals surface area contributed by atoms with Crippen LogP contribution in [0.4, 0.5) is 0 Å². The van der Waals surface area contributed by atoms with Crippen molar-refractivity contribution in [3.8, 4) is 0 Å². The summed E-state index contributed by atoms with van der Waals surface area (Å²) in [6.45, 7) is 2.15. The zero-order valence-electron chi connectivity index (χ0n) is 12.0. The summed E-state index contributed by atoms with van der Waals surface area (Å²) in [6.07, 6.45) is 1.06. The first-order chi connectivity index (χ1) is 9.52. The number of rotatable bonds is 4. The van der Waals surface area contributed by atoms with Gasteiger partial charge in [0.15, 0.2) is 0 Å². The molecular formula is C14H19NO3S2. The van der Waals surface area contributed by atoms with E-state index >= 15 is 0 Å². The van der Waals surface area contributed by atoms with Gasteiger partial charge in [-0.25, -0.2) is 0 Å². The highest BCUT2D eigenvalue weighted by Gasteiger charge is 2.23. The largest absolute Gasteiger partial charge is 0.469 e. The fourth-order valence-electron chi connectivity index (χ4n) is 2.21. The number of amides is 1. The Kier molecular flexibility index (Phi) is 5.10. The summed E-state index contributed by atoms with van der Waals surface area (Å²) in [5.41, 5.74) is 1.30. The first-order valence-corrected chi connectivity index (χ1v) is 8.52. The topological polar surface area (TPSA) is 46.6 Å². The number of methoxy groups -OCH3 is 1. The second kappa shape index (κ2) is 6.63. The summed E-state index contributed by atoms with van der Waals surface area (Å²) in [7, 11) is 3.10. The summed E-state index contributed by atoms with van der Waals surface area (Å²) in [6, 6.07) is 2.01. The van der Waals surface area contributed by atoms with E-state index in [1.54, 1.807) is 30.2 Å². The minimum absolute atomic E-state index is 0.00912. The number of thioether (sulfide) groups is 1. The lowest BCUT2D eigenvalue weighted by molar-refractivity contribution is -0.145. The summed E-state index contributed by atoms with van der Waals surface area (Å²) >= 11 is 3.50. The van der Waals surface area contributed by atoms with E-state index in [9.17, 15) is 9.59 Å². The molecule has 1 unspecified atom stereocenters. The number of fused-ring (bicyclic) bond motifs is 1. The summed E-state index contributed by atoms with van der Waals surface area (Å²) < 4.78 is 4.69. The van der Waals surface area contributed by atoms with Gasteiger partial charge in [0.05, 0.1) is 17.9 Å². The van der Waals surface area contributed by atoms with Gasteiger partial charge in [0.25, 0.3) is 5.91 Å². The fourth-order valence-corrected chi connectivity index (χ4v) is 4.58. The standard InChI is InChI=1S/C14H19NO3S2/c1-9(14(17)18-3)7-15(2)13(16)12-6-10-8-19-5-4-11(10)20-12/h6,9H,4-5,7-8H2,1-3H3. The van der Waals surface area contributed by atoms with E-state index in [1.165, 1.54) is 17.6 Å². The molecule has 1 aliphatic rings. The molecule has 0 saturated carbocycles. The van der Waals surface area contributed by atoms with Crippen molar-refractivity contribution in [1.29, 1.82) is 0 Å². The number of hydrogen-bond donors (Lipinski definition) is 0. The van der Waals surface area contributed by atoms with Crippen molar-refractivity contribution in [3.05, 3.63) is 21.4 Å². The highest BCUT2D eigenvalue weighted by atomic mass is 32.2. The average molecular weight is 313 g/mol. The van der Waals surface area contributed by atoms with Crippen LogP contribution >= 0.6 is 23.1 Å². The highest BCUT2D eigenvalue weighted by molar-refractivity contribution is 7.98. The molecule has 0 fully saturated rings.